The van der Waals surface area contributed by atoms with Gasteiger partial charge in [-0.2, -0.15) is 0 Å². The Morgan fingerprint density at radius 2 is 2.00 bits per heavy atom. The summed E-state index contributed by atoms with van der Waals surface area (Å²) < 4.78 is 0.958. The molecule has 0 saturated carbocycles. The van der Waals surface area contributed by atoms with Crippen LogP contribution in [0.25, 0.3) is 0 Å². The number of carbonyl (C=O) groups is 1. The van der Waals surface area contributed by atoms with E-state index in [1.54, 1.807) is 11.3 Å². The van der Waals surface area contributed by atoms with E-state index in [9.17, 15) is 4.79 Å². The molecule has 1 amide bonds. The van der Waals surface area contributed by atoms with Crippen molar-refractivity contribution >= 4 is 33.2 Å². The van der Waals surface area contributed by atoms with Gasteiger partial charge in [0.2, 0.25) is 0 Å². The fourth-order valence-electron chi connectivity index (χ4n) is 1.77. The van der Waals surface area contributed by atoms with Crippen LogP contribution in [-0.4, -0.2) is 5.91 Å². The molecular formula is C15H16BrNOS. The minimum Gasteiger partial charge on any atom is -0.345 e. The molecule has 0 aliphatic rings. The Hall–Kier alpha value is -1.13. The van der Waals surface area contributed by atoms with Gasteiger partial charge >= 0.3 is 0 Å². The maximum Gasteiger partial charge on any atom is 0.251 e. The minimum atomic E-state index is -0.0424. The first-order chi connectivity index (χ1) is 8.97. The van der Waals surface area contributed by atoms with Gasteiger partial charge in [0.05, 0.1) is 6.04 Å². The summed E-state index contributed by atoms with van der Waals surface area (Å²) in [6.45, 7) is 6.08. The molecule has 0 spiro atoms. The van der Waals surface area contributed by atoms with E-state index in [1.807, 2.05) is 32.0 Å². The van der Waals surface area contributed by atoms with Crippen LogP contribution in [0, 0.1) is 13.8 Å². The van der Waals surface area contributed by atoms with Crippen LogP contribution in [-0.2, 0) is 0 Å². The van der Waals surface area contributed by atoms with E-state index in [2.05, 4.69) is 40.3 Å². The number of aryl methyl sites for hydroxylation is 2. The third kappa shape index (κ3) is 3.45. The summed E-state index contributed by atoms with van der Waals surface area (Å²) in [5.41, 5.74) is 1.80. The highest BCUT2D eigenvalue weighted by Crippen LogP contribution is 2.23. The molecule has 2 rings (SSSR count). The number of hydrogen-bond acceptors (Lipinski definition) is 2. The van der Waals surface area contributed by atoms with E-state index >= 15 is 0 Å². The number of benzene rings is 1. The summed E-state index contributed by atoms with van der Waals surface area (Å²) in [4.78, 5) is 14.6. The molecule has 0 bridgehead atoms. The third-order valence-electron chi connectivity index (χ3n) is 2.97. The number of rotatable bonds is 3. The molecule has 0 aliphatic carbocycles. The Kier molecular flexibility index (Phi) is 4.42. The van der Waals surface area contributed by atoms with Crippen LogP contribution in [0.1, 0.15) is 38.6 Å². The van der Waals surface area contributed by atoms with Gasteiger partial charge in [0.1, 0.15) is 0 Å². The predicted octanol–water partition coefficient (Wildman–Crippen LogP) is 4.62. The Labute approximate surface area is 126 Å². The fourth-order valence-corrected chi connectivity index (χ4v) is 3.03. The van der Waals surface area contributed by atoms with Crippen molar-refractivity contribution in [1.82, 2.24) is 5.32 Å². The van der Waals surface area contributed by atoms with Crippen LogP contribution in [0.2, 0.25) is 0 Å². The molecule has 0 radical (unpaired) electrons. The average Bonchev–Trinajstić information content (AvgIpc) is 2.79. The van der Waals surface area contributed by atoms with Gasteiger partial charge in [-0.25, -0.2) is 0 Å². The van der Waals surface area contributed by atoms with Crippen LogP contribution in [0.3, 0.4) is 0 Å². The van der Waals surface area contributed by atoms with Crippen LogP contribution in [0.5, 0.6) is 0 Å². The van der Waals surface area contributed by atoms with Crippen molar-refractivity contribution in [1.29, 1.82) is 0 Å². The summed E-state index contributed by atoms with van der Waals surface area (Å²) in [5.74, 6) is -0.0424. The van der Waals surface area contributed by atoms with Gasteiger partial charge in [-0.1, -0.05) is 22.0 Å². The molecule has 100 valence electrons. The minimum absolute atomic E-state index is 0.0336. The van der Waals surface area contributed by atoms with Crippen molar-refractivity contribution < 1.29 is 4.79 Å². The molecule has 1 unspecified atom stereocenters. The van der Waals surface area contributed by atoms with E-state index in [-0.39, 0.29) is 11.9 Å². The lowest BCUT2D eigenvalue weighted by molar-refractivity contribution is 0.0940. The highest BCUT2D eigenvalue weighted by Gasteiger charge is 2.13. The molecule has 0 saturated heterocycles. The Bertz CT molecular complexity index is 606. The van der Waals surface area contributed by atoms with Gasteiger partial charge in [0, 0.05) is 19.8 Å². The van der Waals surface area contributed by atoms with Gasteiger partial charge in [0.25, 0.3) is 5.91 Å². The molecule has 1 heterocycles. The molecule has 1 aromatic carbocycles. The Morgan fingerprint density at radius 1 is 1.26 bits per heavy atom. The molecule has 19 heavy (non-hydrogen) atoms. The van der Waals surface area contributed by atoms with E-state index in [1.165, 1.54) is 9.75 Å². The van der Waals surface area contributed by atoms with Gasteiger partial charge in [-0.3, -0.25) is 4.79 Å². The van der Waals surface area contributed by atoms with Crippen molar-refractivity contribution in [3.05, 3.63) is 55.7 Å². The zero-order valence-electron chi connectivity index (χ0n) is 11.2. The Balaban J connectivity index is 2.10. The summed E-state index contributed by atoms with van der Waals surface area (Å²) >= 11 is 5.17. The molecule has 4 heteroatoms. The maximum atomic E-state index is 12.2. The predicted molar refractivity (Wildman–Crippen MR) is 83.8 cm³/mol. The molecule has 1 N–H and O–H groups in total. The zero-order chi connectivity index (χ0) is 14.0. The van der Waals surface area contributed by atoms with E-state index < -0.39 is 0 Å². The van der Waals surface area contributed by atoms with E-state index in [0.29, 0.717) is 5.56 Å². The lowest BCUT2D eigenvalue weighted by Crippen LogP contribution is -2.26. The second-order valence-corrected chi connectivity index (χ2v) is 6.78. The fraction of sp³-hybridized carbons (Fsp3) is 0.267. The molecule has 0 fully saturated rings. The second kappa shape index (κ2) is 5.88. The molecule has 2 aromatic rings. The summed E-state index contributed by atoms with van der Waals surface area (Å²) in [6.07, 6.45) is 0. The zero-order valence-corrected chi connectivity index (χ0v) is 13.6. The normalized spacial score (nSPS) is 12.2. The van der Waals surface area contributed by atoms with Crippen molar-refractivity contribution in [2.75, 3.05) is 0 Å². The van der Waals surface area contributed by atoms with E-state index in [4.69, 9.17) is 0 Å². The number of thiophene rings is 1. The molecule has 2 nitrogen and oxygen atoms in total. The number of halogens is 1. The van der Waals surface area contributed by atoms with Crippen LogP contribution in [0.15, 0.2) is 34.8 Å². The smallest absolute Gasteiger partial charge is 0.251 e. The van der Waals surface area contributed by atoms with Crippen molar-refractivity contribution in [2.24, 2.45) is 0 Å². The number of hydrogen-bond donors (Lipinski definition) is 1. The quantitative estimate of drug-likeness (QED) is 0.869. The highest BCUT2D eigenvalue weighted by atomic mass is 79.9. The number of amides is 1. The van der Waals surface area contributed by atoms with Crippen molar-refractivity contribution in [3.8, 4) is 0 Å². The van der Waals surface area contributed by atoms with Crippen LogP contribution >= 0.6 is 27.3 Å². The van der Waals surface area contributed by atoms with Crippen LogP contribution < -0.4 is 5.32 Å². The first kappa shape index (κ1) is 14.3. The van der Waals surface area contributed by atoms with Crippen LogP contribution in [0.4, 0.5) is 0 Å². The second-order valence-electron chi connectivity index (χ2n) is 4.61. The average molecular weight is 338 g/mol. The van der Waals surface area contributed by atoms with E-state index in [0.717, 1.165) is 10.0 Å². The summed E-state index contributed by atoms with van der Waals surface area (Å²) in [6, 6.07) is 9.82. The summed E-state index contributed by atoms with van der Waals surface area (Å²) in [7, 11) is 0. The maximum absolute atomic E-state index is 12.2. The highest BCUT2D eigenvalue weighted by molar-refractivity contribution is 9.10. The van der Waals surface area contributed by atoms with Crippen molar-refractivity contribution in [3.63, 3.8) is 0 Å². The topological polar surface area (TPSA) is 29.1 Å². The molecular weight excluding hydrogens is 322 g/mol. The lowest BCUT2D eigenvalue weighted by Gasteiger charge is -2.12. The molecule has 1 aromatic heterocycles. The first-order valence-corrected chi connectivity index (χ1v) is 7.71. The lowest BCUT2D eigenvalue weighted by atomic mass is 10.1. The monoisotopic (exact) mass is 337 g/mol. The first-order valence-electron chi connectivity index (χ1n) is 6.10. The Morgan fingerprint density at radius 3 is 2.58 bits per heavy atom. The van der Waals surface area contributed by atoms with Gasteiger partial charge in [-0.05, 0) is 50.6 Å². The molecule has 1 atom stereocenters. The SMILES string of the molecule is Cc1ccc(C(C)NC(=O)c2ccc(C)c(Br)c2)s1. The van der Waals surface area contributed by atoms with Gasteiger partial charge in [0.15, 0.2) is 0 Å². The number of carbonyl (C=O) groups excluding carboxylic acids is 1. The van der Waals surface area contributed by atoms with Gasteiger partial charge in [-0.15, -0.1) is 11.3 Å². The number of nitrogens with one attached hydrogen (secondary N) is 1. The van der Waals surface area contributed by atoms with Gasteiger partial charge < -0.3 is 5.32 Å². The van der Waals surface area contributed by atoms with Crippen molar-refractivity contribution in [2.45, 2.75) is 26.8 Å². The standard InChI is InChI=1S/C15H16BrNOS/c1-9-4-6-12(8-13(9)16)15(18)17-11(3)14-7-5-10(2)19-14/h4-8,11H,1-3H3,(H,17,18). The summed E-state index contributed by atoms with van der Waals surface area (Å²) in [5, 5.41) is 3.02. The third-order valence-corrected chi connectivity index (χ3v) is 5.01. The largest absolute Gasteiger partial charge is 0.345 e. The molecule has 0 aliphatic heterocycles.